The highest BCUT2D eigenvalue weighted by atomic mass is 32.2. The van der Waals surface area contributed by atoms with Gasteiger partial charge in [0, 0.05) is 18.5 Å². The highest BCUT2D eigenvalue weighted by molar-refractivity contribution is 7.99. The lowest BCUT2D eigenvalue weighted by atomic mass is 10.2. The minimum atomic E-state index is -0.263. The molecule has 0 aromatic carbocycles. The Hall–Kier alpha value is -1.85. The fourth-order valence-electron chi connectivity index (χ4n) is 2.28. The summed E-state index contributed by atoms with van der Waals surface area (Å²) < 4.78 is 0. The Bertz CT molecular complexity index is 850. The number of aryl methyl sites for hydroxylation is 2. The average molecular weight is 364 g/mol. The molecule has 0 unspecified atom stereocenters. The van der Waals surface area contributed by atoms with Gasteiger partial charge in [-0.2, -0.15) is 5.26 Å². The molecule has 0 aliphatic heterocycles. The molecule has 2 aromatic rings. The number of nitriles is 1. The van der Waals surface area contributed by atoms with Gasteiger partial charge in [-0.25, -0.2) is 4.98 Å². The van der Waals surface area contributed by atoms with Crippen molar-refractivity contribution in [3.05, 3.63) is 26.6 Å². The van der Waals surface area contributed by atoms with Crippen LogP contribution in [0.5, 0.6) is 0 Å². The van der Waals surface area contributed by atoms with E-state index in [1.54, 1.807) is 11.9 Å². The lowest BCUT2D eigenvalue weighted by Crippen LogP contribution is -2.34. The molecule has 6 nitrogen and oxygen atoms in total. The average Bonchev–Trinajstić information content (AvgIpc) is 2.84. The molecule has 24 heavy (non-hydrogen) atoms. The van der Waals surface area contributed by atoms with Gasteiger partial charge in [0.05, 0.1) is 28.9 Å². The van der Waals surface area contributed by atoms with Crippen LogP contribution in [-0.4, -0.2) is 39.6 Å². The third-order valence-corrected chi connectivity index (χ3v) is 6.08. The molecule has 0 aliphatic carbocycles. The maximum atomic E-state index is 12.2. The number of thiophene rings is 1. The number of aromatic amines is 1. The van der Waals surface area contributed by atoms with Crippen LogP contribution in [-0.2, 0) is 10.5 Å². The van der Waals surface area contributed by atoms with Gasteiger partial charge in [-0.1, -0.05) is 0 Å². The van der Waals surface area contributed by atoms with E-state index in [1.165, 1.54) is 23.1 Å². The minimum absolute atomic E-state index is 0.0264. The summed E-state index contributed by atoms with van der Waals surface area (Å²) in [7, 11) is 1.69. The van der Waals surface area contributed by atoms with Crippen molar-refractivity contribution in [3.8, 4) is 6.07 Å². The predicted octanol–water partition coefficient (Wildman–Crippen LogP) is 2.60. The molecule has 0 saturated heterocycles. The van der Waals surface area contributed by atoms with E-state index in [0.29, 0.717) is 29.9 Å². The SMILES string of the molecule is Cc1sc2nc(CS[C@@H](C)C(=O)N(C)CCC#N)[nH]c(=O)c2c1C. The van der Waals surface area contributed by atoms with E-state index in [9.17, 15) is 9.59 Å². The number of H-pyrrole nitrogens is 1. The quantitative estimate of drug-likeness (QED) is 0.851. The summed E-state index contributed by atoms with van der Waals surface area (Å²) in [5.41, 5.74) is 0.855. The molecule has 2 rings (SSSR count). The van der Waals surface area contributed by atoms with Crippen LogP contribution in [0.25, 0.3) is 10.2 Å². The van der Waals surface area contributed by atoms with Gasteiger partial charge in [-0.05, 0) is 26.3 Å². The Balaban J connectivity index is 2.07. The van der Waals surface area contributed by atoms with Gasteiger partial charge in [0.1, 0.15) is 10.7 Å². The van der Waals surface area contributed by atoms with E-state index in [4.69, 9.17) is 5.26 Å². The van der Waals surface area contributed by atoms with Crippen molar-refractivity contribution >= 4 is 39.2 Å². The number of fused-ring (bicyclic) bond motifs is 1. The van der Waals surface area contributed by atoms with Gasteiger partial charge < -0.3 is 9.88 Å². The van der Waals surface area contributed by atoms with Gasteiger partial charge in [-0.3, -0.25) is 9.59 Å². The molecule has 0 radical (unpaired) electrons. The second-order valence-electron chi connectivity index (χ2n) is 5.60. The Kier molecular flexibility index (Phi) is 6.02. The topological polar surface area (TPSA) is 89.8 Å². The summed E-state index contributed by atoms with van der Waals surface area (Å²) in [6.45, 7) is 6.16. The molecule has 0 spiro atoms. The normalized spacial score (nSPS) is 12.1. The molecular weight excluding hydrogens is 344 g/mol. The largest absolute Gasteiger partial charge is 0.344 e. The minimum Gasteiger partial charge on any atom is -0.344 e. The Labute approximate surface area is 148 Å². The first kappa shape index (κ1) is 18.5. The molecule has 1 amide bonds. The third-order valence-electron chi connectivity index (χ3n) is 3.84. The Morgan fingerprint density at radius 2 is 2.21 bits per heavy atom. The van der Waals surface area contributed by atoms with Crippen molar-refractivity contribution < 1.29 is 4.79 Å². The molecule has 128 valence electrons. The van der Waals surface area contributed by atoms with E-state index >= 15 is 0 Å². The molecule has 2 heterocycles. The second-order valence-corrected chi connectivity index (χ2v) is 8.13. The zero-order valence-electron chi connectivity index (χ0n) is 14.2. The number of amides is 1. The van der Waals surface area contributed by atoms with Gasteiger partial charge in [0.25, 0.3) is 5.56 Å². The maximum absolute atomic E-state index is 12.2. The molecule has 8 heteroatoms. The number of thioether (sulfide) groups is 1. The van der Waals surface area contributed by atoms with E-state index in [0.717, 1.165) is 15.3 Å². The van der Waals surface area contributed by atoms with Gasteiger partial charge in [0.15, 0.2) is 0 Å². The molecule has 0 saturated carbocycles. The van der Waals surface area contributed by atoms with Crippen LogP contribution in [0, 0.1) is 25.2 Å². The molecule has 0 aliphatic rings. The highest BCUT2D eigenvalue weighted by Gasteiger charge is 2.19. The van der Waals surface area contributed by atoms with E-state index in [-0.39, 0.29) is 16.7 Å². The zero-order chi connectivity index (χ0) is 17.9. The van der Waals surface area contributed by atoms with E-state index < -0.39 is 0 Å². The van der Waals surface area contributed by atoms with Crippen LogP contribution in [0.15, 0.2) is 4.79 Å². The lowest BCUT2D eigenvalue weighted by molar-refractivity contribution is -0.128. The van der Waals surface area contributed by atoms with Crippen LogP contribution < -0.4 is 5.56 Å². The molecule has 2 aromatic heterocycles. The summed E-state index contributed by atoms with van der Waals surface area (Å²) in [6.07, 6.45) is 0.322. The van der Waals surface area contributed by atoms with Gasteiger partial charge >= 0.3 is 0 Å². The first-order valence-corrected chi connectivity index (χ1v) is 9.44. The van der Waals surface area contributed by atoms with E-state index in [1.807, 2.05) is 26.8 Å². The van der Waals surface area contributed by atoms with Crippen LogP contribution in [0.1, 0.15) is 29.6 Å². The Morgan fingerprint density at radius 1 is 1.50 bits per heavy atom. The monoisotopic (exact) mass is 364 g/mol. The van der Waals surface area contributed by atoms with Crippen molar-refractivity contribution in [3.63, 3.8) is 0 Å². The molecular formula is C16H20N4O2S2. The summed E-state index contributed by atoms with van der Waals surface area (Å²) in [4.78, 5) is 35.2. The number of hydrogen-bond acceptors (Lipinski definition) is 6. The fourth-order valence-corrected chi connectivity index (χ4v) is 4.20. The van der Waals surface area contributed by atoms with Crippen molar-refractivity contribution in [1.82, 2.24) is 14.9 Å². The first-order valence-electron chi connectivity index (χ1n) is 7.57. The number of nitrogens with zero attached hydrogens (tertiary/aromatic N) is 3. The van der Waals surface area contributed by atoms with Crippen molar-refractivity contribution in [2.45, 2.75) is 38.2 Å². The molecule has 1 atom stereocenters. The molecule has 0 fully saturated rings. The lowest BCUT2D eigenvalue weighted by Gasteiger charge is -2.19. The van der Waals surface area contributed by atoms with Gasteiger partial charge in [-0.15, -0.1) is 23.1 Å². The molecule has 1 N–H and O–H groups in total. The second kappa shape index (κ2) is 7.81. The van der Waals surface area contributed by atoms with Gasteiger partial charge in [0.2, 0.25) is 5.91 Å². The number of nitrogens with one attached hydrogen (secondary N) is 1. The van der Waals surface area contributed by atoms with Crippen LogP contribution >= 0.6 is 23.1 Å². The summed E-state index contributed by atoms with van der Waals surface area (Å²) in [6, 6.07) is 2.03. The standard InChI is InChI=1S/C16H20N4O2S2/c1-9-10(2)24-15-13(9)14(21)18-12(19-15)8-23-11(3)16(22)20(4)7-5-6-17/h11H,5,7-8H2,1-4H3,(H,18,19,21)/t11-/m0/s1. The number of carbonyl (C=O) groups excluding carboxylic acids is 1. The van der Waals surface area contributed by atoms with Crippen molar-refractivity contribution in [1.29, 1.82) is 5.26 Å². The maximum Gasteiger partial charge on any atom is 0.259 e. The van der Waals surface area contributed by atoms with Crippen LogP contribution in [0.4, 0.5) is 0 Å². The van der Waals surface area contributed by atoms with Crippen molar-refractivity contribution in [2.24, 2.45) is 0 Å². The highest BCUT2D eigenvalue weighted by Crippen LogP contribution is 2.26. The summed E-state index contributed by atoms with van der Waals surface area (Å²) in [5, 5.41) is 8.98. The van der Waals surface area contributed by atoms with Crippen LogP contribution in [0.3, 0.4) is 0 Å². The van der Waals surface area contributed by atoms with Crippen molar-refractivity contribution in [2.75, 3.05) is 13.6 Å². The first-order chi connectivity index (χ1) is 11.3. The smallest absolute Gasteiger partial charge is 0.259 e. The summed E-state index contributed by atoms with van der Waals surface area (Å²) >= 11 is 2.94. The fraction of sp³-hybridized carbons (Fsp3) is 0.500. The Morgan fingerprint density at radius 3 is 2.88 bits per heavy atom. The molecule has 0 bridgehead atoms. The van der Waals surface area contributed by atoms with Crippen LogP contribution in [0.2, 0.25) is 0 Å². The third kappa shape index (κ3) is 3.97. The van der Waals surface area contributed by atoms with E-state index in [2.05, 4.69) is 9.97 Å². The summed E-state index contributed by atoms with van der Waals surface area (Å²) in [5.74, 6) is 1.01. The number of aromatic nitrogens is 2. The predicted molar refractivity (Wildman–Crippen MR) is 98.3 cm³/mol. The number of hydrogen-bond donors (Lipinski definition) is 1. The number of rotatable bonds is 6. The number of carbonyl (C=O) groups is 1. The zero-order valence-corrected chi connectivity index (χ0v) is 15.8.